The second-order valence-electron chi connectivity index (χ2n) is 6.29. The minimum absolute atomic E-state index is 0.0281. The van der Waals surface area contributed by atoms with E-state index < -0.39 is 6.09 Å². The van der Waals surface area contributed by atoms with Crippen LogP contribution in [0.25, 0.3) is 0 Å². The summed E-state index contributed by atoms with van der Waals surface area (Å²) in [4.78, 5) is 28.1. The fourth-order valence-electron chi connectivity index (χ4n) is 2.63. The number of carbonyl (C=O) groups excluding carboxylic acids is 2. The van der Waals surface area contributed by atoms with Crippen LogP contribution in [0.2, 0.25) is 0 Å². The van der Waals surface area contributed by atoms with Crippen LogP contribution in [-0.2, 0) is 24.3 Å². The van der Waals surface area contributed by atoms with E-state index in [0.717, 1.165) is 16.7 Å². The molecule has 0 radical (unpaired) electrons. The van der Waals surface area contributed by atoms with Gasteiger partial charge in [-0.1, -0.05) is 54.6 Å². The van der Waals surface area contributed by atoms with Gasteiger partial charge in [-0.3, -0.25) is 9.78 Å². The van der Waals surface area contributed by atoms with E-state index in [1.54, 1.807) is 36.5 Å². The molecule has 28 heavy (non-hydrogen) atoms. The Labute approximate surface area is 163 Å². The minimum Gasteiger partial charge on any atom is -0.445 e. The third-order valence-corrected chi connectivity index (χ3v) is 4.22. The van der Waals surface area contributed by atoms with Gasteiger partial charge in [-0.2, -0.15) is 0 Å². The Bertz CT molecular complexity index is 941. The predicted octanol–water partition coefficient (Wildman–Crippen LogP) is 3.52. The number of rotatable bonds is 7. The minimum atomic E-state index is -0.489. The van der Waals surface area contributed by atoms with Gasteiger partial charge in [-0.15, -0.1) is 0 Å². The first-order valence-corrected chi connectivity index (χ1v) is 8.87. The Kier molecular flexibility index (Phi) is 6.36. The zero-order valence-electron chi connectivity index (χ0n) is 15.3. The van der Waals surface area contributed by atoms with Crippen molar-refractivity contribution in [3.8, 4) is 0 Å². The first kappa shape index (κ1) is 19.1. The lowest BCUT2D eigenvalue weighted by molar-refractivity contribution is 0.0993. The molecule has 0 saturated heterocycles. The van der Waals surface area contributed by atoms with Gasteiger partial charge in [-0.05, 0) is 22.8 Å². The number of benzene rings is 2. The highest BCUT2D eigenvalue weighted by Crippen LogP contribution is 2.14. The van der Waals surface area contributed by atoms with Crippen molar-refractivity contribution >= 4 is 17.6 Å². The number of anilines is 1. The SMILES string of the molecule is Nc1cnccc1CC(=O)c1ccc(CNC(=O)OCc2ccccc2)cc1. The van der Waals surface area contributed by atoms with Crippen LogP contribution in [-0.4, -0.2) is 16.9 Å². The Morgan fingerprint density at radius 2 is 1.71 bits per heavy atom. The number of pyridine rings is 1. The first-order chi connectivity index (χ1) is 13.6. The number of ketones is 1. The largest absolute Gasteiger partial charge is 0.445 e. The highest BCUT2D eigenvalue weighted by atomic mass is 16.5. The maximum atomic E-state index is 12.4. The molecule has 3 rings (SSSR count). The van der Waals surface area contributed by atoms with E-state index in [1.807, 2.05) is 30.3 Å². The third-order valence-electron chi connectivity index (χ3n) is 4.22. The Morgan fingerprint density at radius 1 is 0.964 bits per heavy atom. The van der Waals surface area contributed by atoms with Gasteiger partial charge in [0.1, 0.15) is 6.61 Å². The van der Waals surface area contributed by atoms with Crippen LogP contribution < -0.4 is 11.1 Å². The summed E-state index contributed by atoms with van der Waals surface area (Å²) >= 11 is 0. The maximum Gasteiger partial charge on any atom is 0.407 e. The molecule has 0 spiro atoms. The molecule has 3 N–H and O–H groups in total. The summed E-state index contributed by atoms with van der Waals surface area (Å²) in [6.07, 6.45) is 2.88. The molecular formula is C22H21N3O3. The number of nitrogens with zero attached hydrogens (tertiary/aromatic N) is 1. The molecule has 0 aliphatic rings. The lowest BCUT2D eigenvalue weighted by Gasteiger charge is -2.08. The molecule has 6 nitrogen and oxygen atoms in total. The van der Waals surface area contributed by atoms with Crippen molar-refractivity contribution in [1.29, 1.82) is 0 Å². The summed E-state index contributed by atoms with van der Waals surface area (Å²) in [5.74, 6) is -0.0281. The quantitative estimate of drug-likeness (QED) is 0.616. The van der Waals surface area contributed by atoms with Gasteiger partial charge >= 0.3 is 6.09 Å². The van der Waals surface area contributed by atoms with Crippen molar-refractivity contribution in [1.82, 2.24) is 10.3 Å². The number of amides is 1. The third kappa shape index (κ3) is 5.41. The number of hydrogen-bond acceptors (Lipinski definition) is 5. The van der Waals surface area contributed by atoms with Crippen LogP contribution in [0, 0.1) is 0 Å². The summed E-state index contributed by atoms with van der Waals surface area (Å²) in [7, 11) is 0. The van der Waals surface area contributed by atoms with E-state index in [-0.39, 0.29) is 18.8 Å². The summed E-state index contributed by atoms with van der Waals surface area (Å²) < 4.78 is 5.17. The average molecular weight is 375 g/mol. The van der Waals surface area contributed by atoms with Crippen molar-refractivity contribution in [2.24, 2.45) is 0 Å². The topological polar surface area (TPSA) is 94.3 Å². The first-order valence-electron chi connectivity index (χ1n) is 8.87. The van der Waals surface area contributed by atoms with Gasteiger partial charge in [0.2, 0.25) is 0 Å². The standard InChI is InChI=1S/C22H21N3O3/c23-20-14-24-11-10-19(20)12-21(26)18-8-6-16(7-9-18)13-25-22(27)28-15-17-4-2-1-3-5-17/h1-11,14H,12-13,15,23H2,(H,25,27). The number of nitrogens with two attached hydrogens (primary N) is 1. The predicted molar refractivity (Wildman–Crippen MR) is 107 cm³/mol. The van der Waals surface area contributed by atoms with Crippen molar-refractivity contribution in [3.05, 3.63) is 95.3 Å². The highest BCUT2D eigenvalue weighted by Gasteiger charge is 2.10. The van der Waals surface area contributed by atoms with E-state index in [0.29, 0.717) is 17.8 Å². The van der Waals surface area contributed by atoms with Crippen molar-refractivity contribution in [2.75, 3.05) is 5.73 Å². The van der Waals surface area contributed by atoms with Crippen molar-refractivity contribution in [3.63, 3.8) is 0 Å². The molecule has 0 aliphatic carbocycles. The van der Waals surface area contributed by atoms with E-state index in [9.17, 15) is 9.59 Å². The molecule has 0 unspecified atom stereocenters. The monoisotopic (exact) mass is 375 g/mol. The molecule has 0 atom stereocenters. The number of Topliss-reactive ketones (excluding diaryl/α,β-unsaturated/α-hetero) is 1. The number of ether oxygens (including phenoxy) is 1. The van der Waals surface area contributed by atoms with Crippen LogP contribution in [0.3, 0.4) is 0 Å². The normalized spacial score (nSPS) is 10.3. The van der Waals surface area contributed by atoms with Crippen LogP contribution in [0.5, 0.6) is 0 Å². The molecule has 6 heteroatoms. The molecule has 3 aromatic rings. The fraction of sp³-hybridized carbons (Fsp3) is 0.136. The second kappa shape index (κ2) is 9.32. The molecule has 0 fully saturated rings. The number of aromatic nitrogens is 1. The average Bonchev–Trinajstić information content (AvgIpc) is 2.73. The molecular weight excluding hydrogens is 354 g/mol. The zero-order valence-corrected chi connectivity index (χ0v) is 15.3. The molecule has 0 bridgehead atoms. The van der Waals surface area contributed by atoms with Gasteiger partial charge in [0.05, 0.1) is 11.9 Å². The Balaban J connectivity index is 1.48. The van der Waals surface area contributed by atoms with Crippen LogP contribution >= 0.6 is 0 Å². The number of hydrogen-bond donors (Lipinski definition) is 2. The second-order valence-corrected chi connectivity index (χ2v) is 6.29. The van der Waals surface area contributed by atoms with Crippen molar-refractivity contribution < 1.29 is 14.3 Å². The fourth-order valence-corrected chi connectivity index (χ4v) is 2.63. The summed E-state index contributed by atoms with van der Waals surface area (Å²) in [5, 5.41) is 2.70. The van der Waals surface area contributed by atoms with Crippen LogP contribution in [0.15, 0.2) is 73.1 Å². The van der Waals surface area contributed by atoms with Gasteiger partial charge in [0, 0.05) is 24.7 Å². The lowest BCUT2D eigenvalue weighted by Crippen LogP contribution is -2.23. The van der Waals surface area contributed by atoms with Gasteiger partial charge in [0.25, 0.3) is 0 Å². The summed E-state index contributed by atoms with van der Waals surface area (Å²) in [6.45, 7) is 0.539. The summed E-state index contributed by atoms with van der Waals surface area (Å²) in [6, 6.07) is 18.3. The lowest BCUT2D eigenvalue weighted by atomic mass is 10.0. The Morgan fingerprint density at radius 3 is 2.43 bits per heavy atom. The van der Waals surface area contributed by atoms with E-state index in [1.165, 1.54) is 6.20 Å². The number of alkyl carbamates (subject to hydrolysis) is 1. The molecule has 142 valence electrons. The zero-order chi connectivity index (χ0) is 19.8. The van der Waals surface area contributed by atoms with Crippen molar-refractivity contribution in [2.45, 2.75) is 19.6 Å². The number of nitrogens with one attached hydrogen (secondary N) is 1. The van der Waals surface area contributed by atoms with Crippen LogP contribution in [0.1, 0.15) is 27.0 Å². The molecule has 1 amide bonds. The molecule has 0 aliphatic heterocycles. The molecule has 1 aromatic heterocycles. The van der Waals surface area contributed by atoms with E-state index in [4.69, 9.17) is 10.5 Å². The van der Waals surface area contributed by atoms with Crippen LogP contribution in [0.4, 0.5) is 10.5 Å². The van der Waals surface area contributed by atoms with E-state index >= 15 is 0 Å². The number of nitrogen functional groups attached to an aromatic ring is 1. The smallest absolute Gasteiger partial charge is 0.407 e. The maximum absolute atomic E-state index is 12.4. The van der Waals surface area contributed by atoms with Gasteiger partial charge in [0.15, 0.2) is 5.78 Å². The van der Waals surface area contributed by atoms with Gasteiger partial charge in [-0.25, -0.2) is 4.79 Å². The van der Waals surface area contributed by atoms with Gasteiger partial charge < -0.3 is 15.8 Å². The molecule has 1 heterocycles. The number of carbonyl (C=O) groups is 2. The summed E-state index contributed by atoms with van der Waals surface area (Å²) in [5.41, 5.74) is 9.48. The highest BCUT2D eigenvalue weighted by molar-refractivity contribution is 5.98. The molecule has 2 aromatic carbocycles. The molecule has 0 saturated carbocycles. The Hall–Kier alpha value is -3.67. The van der Waals surface area contributed by atoms with E-state index in [2.05, 4.69) is 10.3 Å².